The number of hydrogen-bond donors (Lipinski definition) is 3. The van der Waals surface area contributed by atoms with E-state index in [-0.39, 0.29) is 17.5 Å². The number of nitrogens with two attached hydrogens (primary N) is 1. The van der Waals surface area contributed by atoms with Gasteiger partial charge in [0.2, 0.25) is 5.95 Å². The van der Waals surface area contributed by atoms with Gasteiger partial charge >= 0.3 is 0 Å². The Morgan fingerprint density at radius 2 is 2.23 bits per heavy atom. The number of benzene rings is 1. The van der Waals surface area contributed by atoms with Gasteiger partial charge in [0.15, 0.2) is 17.2 Å². The van der Waals surface area contributed by atoms with E-state index in [0.717, 1.165) is 16.6 Å². The molecule has 0 amide bonds. The molecule has 0 aliphatic heterocycles. The molecule has 3 heterocycles. The minimum atomic E-state index is 0.198. The fourth-order valence-corrected chi connectivity index (χ4v) is 2.18. The number of aromatic amines is 1. The smallest absolute Gasteiger partial charge is 0.247 e. The summed E-state index contributed by atoms with van der Waals surface area (Å²) in [7, 11) is 0. The van der Waals surface area contributed by atoms with E-state index in [9.17, 15) is 0 Å². The number of nitrogens with one attached hydrogen (secondary N) is 2. The van der Waals surface area contributed by atoms with Gasteiger partial charge in [0, 0.05) is 11.1 Å². The summed E-state index contributed by atoms with van der Waals surface area (Å²) in [6, 6.07) is 7.67. The SMILES string of the molecule is N#Cc1cnc2c(N)nc(Nc3ccc4[nH]ncc4c3)nn12. The third-order valence-electron chi connectivity index (χ3n) is 3.20. The molecule has 4 rings (SSSR count). The van der Waals surface area contributed by atoms with E-state index < -0.39 is 0 Å². The lowest BCUT2D eigenvalue weighted by molar-refractivity contribution is 0.899. The zero-order chi connectivity index (χ0) is 15.1. The molecule has 0 radical (unpaired) electrons. The molecule has 106 valence electrons. The zero-order valence-electron chi connectivity index (χ0n) is 11.1. The van der Waals surface area contributed by atoms with Gasteiger partial charge in [0.1, 0.15) is 6.07 Å². The summed E-state index contributed by atoms with van der Waals surface area (Å²) in [6.07, 6.45) is 3.13. The van der Waals surface area contributed by atoms with Crippen molar-refractivity contribution in [3.8, 4) is 6.07 Å². The quantitative estimate of drug-likeness (QED) is 0.505. The van der Waals surface area contributed by atoms with Crippen LogP contribution in [0.4, 0.5) is 17.5 Å². The lowest BCUT2D eigenvalue weighted by Crippen LogP contribution is -2.07. The summed E-state index contributed by atoms with van der Waals surface area (Å²) >= 11 is 0. The van der Waals surface area contributed by atoms with Crippen molar-refractivity contribution >= 4 is 34.0 Å². The van der Waals surface area contributed by atoms with Crippen LogP contribution in [0, 0.1) is 11.3 Å². The Morgan fingerprint density at radius 1 is 1.32 bits per heavy atom. The monoisotopic (exact) mass is 291 g/mol. The minimum Gasteiger partial charge on any atom is -0.380 e. The van der Waals surface area contributed by atoms with Crippen molar-refractivity contribution in [1.82, 2.24) is 29.8 Å². The highest BCUT2D eigenvalue weighted by Gasteiger charge is 2.11. The molecule has 0 saturated heterocycles. The van der Waals surface area contributed by atoms with Crippen LogP contribution in [0.15, 0.2) is 30.6 Å². The highest BCUT2D eigenvalue weighted by molar-refractivity contribution is 5.82. The third kappa shape index (κ3) is 1.79. The van der Waals surface area contributed by atoms with Crippen molar-refractivity contribution in [2.24, 2.45) is 0 Å². The van der Waals surface area contributed by atoms with Crippen LogP contribution in [0.3, 0.4) is 0 Å². The number of hydrogen-bond acceptors (Lipinski definition) is 7. The fraction of sp³-hybridized carbons (Fsp3) is 0. The number of nitrogen functional groups attached to an aromatic ring is 1. The molecule has 0 aliphatic carbocycles. The maximum absolute atomic E-state index is 9.05. The average molecular weight is 291 g/mol. The first kappa shape index (κ1) is 12.1. The summed E-state index contributed by atoms with van der Waals surface area (Å²) in [5.74, 6) is 0.478. The van der Waals surface area contributed by atoms with Gasteiger partial charge in [-0.1, -0.05) is 0 Å². The zero-order valence-corrected chi connectivity index (χ0v) is 11.1. The molecular formula is C13H9N9. The van der Waals surface area contributed by atoms with Crippen molar-refractivity contribution in [3.63, 3.8) is 0 Å². The topological polar surface area (TPSA) is 134 Å². The van der Waals surface area contributed by atoms with Crippen LogP contribution < -0.4 is 11.1 Å². The Balaban J connectivity index is 1.78. The summed E-state index contributed by atoms with van der Waals surface area (Å²) in [4.78, 5) is 8.17. The molecule has 0 bridgehead atoms. The highest BCUT2D eigenvalue weighted by atomic mass is 15.3. The summed E-state index contributed by atoms with van der Waals surface area (Å²) in [6.45, 7) is 0. The molecule has 0 saturated carbocycles. The molecule has 4 N–H and O–H groups in total. The molecule has 1 aromatic carbocycles. The van der Waals surface area contributed by atoms with Crippen molar-refractivity contribution in [1.29, 1.82) is 5.26 Å². The van der Waals surface area contributed by atoms with E-state index in [1.807, 2.05) is 24.3 Å². The number of anilines is 3. The van der Waals surface area contributed by atoms with Crippen molar-refractivity contribution in [3.05, 3.63) is 36.3 Å². The number of rotatable bonds is 2. The van der Waals surface area contributed by atoms with Crippen LogP contribution in [-0.2, 0) is 0 Å². The Morgan fingerprint density at radius 3 is 3.09 bits per heavy atom. The molecule has 0 fully saturated rings. The molecule has 0 atom stereocenters. The number of fused-ring (bicyclic) bond motifs is 2. The van der Waals surface area contributed by atoms with Crippen molar-refractivity contribution < 1.29 is 0 Å². The average Bonchev–Trinajstić information content (AvgIpc) is 3.13. The second-order valence-corrected chi connectivity index (χ2v) is 4.61. The number of imidazole rings is 1. The minimum absolute atomic E-state index is 0.198. The van der Waals surface area contributed by atoms with E-state index in [4.69, 9.17) is 11.0 Å². The van der Waals surface area contributed by atoms with Crippen molar-refractivity contribution in [2.45, 2.75) is 0 Å². The molecule has 9 heteroatoms. The van der Waals surface area contributed by atoms with E-state index in [2.05, 4.69) is 30.6 Å². The molecule has 4 aromatic rings. The molecule has 9 nitrogen and oxygen atoms in total. The van der Waals surface area contributed by atoms with Gasteiger partial charge in [-0.3, -0.25) is 5.10 Å². The van der Waals surface area contributed by atoms with Crippen LogP contribution in [0.2, 0.25) is 0 Å². The Labute approximate surface area is 123 Å². The fourth-order valence-electron chi connectivity index (χ4n) is 2.18. The Hall–Kier alpha value is -3.67. The Bertz CT molecular complexity index is 1040. The number of H-pyrrole nitrogens is 1. The van der Waals surface area contributed by atoms with E-state index >= 15 is 0 Å². The van der Waals surface area contributed by atoms with Gasteiger partial charge < -0.3 is 11.1 Å². The predicted molar refractivity (Wildman–Crippen MR) is 79.3 cm³/mol. The van der Waals surface area contributed by atoms with Crippen LogP contribution >= 0.6 is 0 Å². The van der Waals surface area contributed by atoms with E-state index in [1.165, 1.54) is 10.7 Å². The first-order chi connectivity index (χ1) is 10.7. The molecule has 22 heavy (non-hydrogen) atoms. The van der Waals surface area contributed by atoms with Gasteiger partial charge in [0.25, 0.3) is 0 Å². The first-order valence-electron chi connectivity index (χ1n) is 6.36. The maximum Gasteiger partial charge on any atom is 0.247 e. The van der Waals surface area contributed by atoms with Crippen LogP contribution in [0.1, 0.15) is 5.69 Å². The lowest BCUT2D eigenvalue weighted by Gasteiger charge is -2.06. The van der Waals surface area contributed by atoms with Crippen LogP contribution in [0.25, 0.3) is 16.6 Å². The van der Waals surface area contributed by atoms with Gasteiger partial charge in [0.05, 0.1) is 17.9 Å². The van der Waals surface area contributed by atoms with Gasteiger partial charge in [-0.25, -0.2) is 4.98 Å². The summed E-state index contributed by atoms with van der Waals surface area (Å²) < 4.78 is 1.36. The number of aromatic nitrogens is 6. The second kappa shape index (κ2) is 4.42. The largest absolute Gasteiger partial charge is 0.380 e. The van der Waals surface area contributed by atoms with Crippen LogP contribution in [0.5, 0.6) is 0 Å². The molecule has 0 spiro atoms. The van der Waals surface area contributed by atoms with Gasteiger partial charge in [-0.2, -0.15) is 19.9 Å². The van der Waals surface area contributed by atoms with Gasteiger partial charge in [-0.15, -0.1) is 5.10 Å². The number of nitriles is 1. The Kier molecular flexibility index (Phi) is 2.43. The highest BCUT2D eigenvalue weighted by Crippen LogP contribution is 2.20. The summed E-state index contributed by atoms with van der Waals surface area (Å²) in [5, 5.41) is 24.1. The second-order valence-electron chi connectivity index (χ2n) is 4.61. The van der Waals surface area contributed by atoms with E-state index in [1.54, 1.807) is 6.20 Å². The van der Waals surface area contributed by atoms with E-state index in [0.29, 0.717) is 5.65 Å². The standard InChI is InChI=1S/C13H9N9/c14-4-9-6-16-12-11(15)19-13(21-22(9)12)18-8-1-2-10-7(3-8)5-17-20-10/h1-3,5-6H,(H,17,20)(H3,15,18,19,21). The normalized spacial score (nSPS) is 10.9. The van der Waals surface area contributed by atoms with Crippen LogP contribution in [-0.4, -0.2) is 29.8 Å². The van der Waals surface area contributed by atoms with Gasteiger partial charge in [-0.05, 0) is 18.2 Å². The number of nitrogens with zero attached hydrogens (tertiary/aromatic N) is 6. The molecule has 0 unspecified atom stereocenters. The first-order valence-corrected chi connectivity index (χ1v) is 6.36. The van der Waals surface area contributed by atoms with Crippen molar-refractivity contribution in [2.75, 3.05) is 11.1 Å². The lowest BCUT2D eigenvalue weighted by atomic mass is 10.2. The maximum atomic E-state index is 9.05. The molecule has 3 aromatic heterocycles. The molecule has 0 aliphatic rings. The molecular weight excluding hydrogens is 282 g/mol. The third-order valence-corrected chi connectivity index (χ3v) is 3.20. The predicted octanol–water partition coefficient (Wildman–Crippen LogP) is 1.20. The summed E-state index contributed by atoms with van der Waals surface area (Å²) in [5.41, 5.74) is 8.21.